The van der Waals surface area contributed by atoms with Crippen molar-refractivity contribution < 1.29 is 4.39 Å². The van der Waals surface area contributed by atoms with Crippen molar-refractivity contribution in [3.05, 3.63) is 50.9 Å². The van der Waals surface area contributed by atoms with Gasteiger partial charge in [0.15, 0.2) is 0 Å². The molecule has 0 saturated heterocycles. The first-order chi connectivity index (χ1) is 12.1. The first-order valence-corrected chi connectivity index (χ1v) is 9.57. The molecular weight excluding hydrogens is 341 g/mol. The average molecular weight is 366 g/mol. The number of aromatic nitrogens is 3. The van der Waals surface area contributed by atoms with Gasteiger partial charge in [0, 0.05) is 23.6 Å². The van der Waals surface area contributed by atoms with Crippen LogP contribution in [0.3, 0.4) is 0 Å². The van der Waals surface area contributed by atoms with Gasteiger partial charge in [-0.2, -0.15) is 5.10 Å². The predicted molar refractivity (Wildman–Crippen MR) is 97.6 cm³/mol. The Labute approximate surface area is 152 Å². The molecular formula is C19H25ClFN3O. The van der Waals surface area contributed by atoms with Gasteiger partial charge in [0.25, 0.3) is 0 Å². The minimum absolute atomic E-state index is 0.131. The monoisotopic (exact) mass is 365 g/mol. The molecule has 0 amide bonds. The van der Waals surface area contributed by atoms with Crippen molar-refractivity contribution in [2.75, 3.05) is 0 Å². The third kappa shape index (κ3) is 4.14. The first kappa shape index (κ1) is 18.2. The van der Waals surface area contributed by atoms with Gasteiger partial charge in [-0.3, -0.25) is 4.57 Å². The third-order valence-corrected chi connectivity index (χ3v) is 5.48. The number of hydrogen-bond acceptors (Lipinski definition) is 2. The Kier molecular flexibility index (Phi) is 5.94. The van der Waals surface area contributed by atoms with Crippen LogP contribution in [-0.4, -0.2) is 14.3 Å². The zero-order chi connectivity index (χ0) is 17.8. The highest BCUT2D eigenvalue weighted by atomic mass is 35.5. The van der Waals surface area contributed by atoms with Crippen LogP contribution in [0, 0.1) is 11.7 Å². The molecule has 0 radical (unpaired) electrons. The molecule has 1 aromatic heterocycles. The number of aryl methyl sites for hydroxylation is 1. The maximum atomic E-state index is 14.2. The molecule has 3 rings (SSSR count). The van der Waals surface area contributed by atoms with Gasteiger partial charge in [-0.1, -0.05) is 56.2 Å². The van der Waals surface area contributed by atoms with Gasteiger partial charge in [-0.15, -0.1) is 0 Å². The summed E-state index contributed by atoms with van der Waals surface area (Å²) in [5.74, 6) is 0.909. The fraction of sp³-hybridized carbons (Fsp3) is 0.579. The molecule has 0 N–H and O–H groups in total. The van der Waals surface area contributed by atoms with Gasteiger partial charge in [-0.25, -0.2) is 13.9 Å². The van der Waals surface area contributed by atoms with E-state index in [-0.39, 0.29) is 18.1 Å². The van der Waals surface area contributed by atoms with E-state index in [1.165, 1.54) is 49.3 Å². The van der Waals surface area contributed by atoms with E-state index in [1.54, 1.807) is 16.7 Å². The van der Waals surface area contributed by atoms with Crippen LogP contribution in [-0.2, 0) is 19.5 Å². The maximum absolute atomic E-state index is 14.2. The Morgan fingerprint density at radius 1 is 1.24 bits per heavy atom. The van der Waals surface area contributed by atoms with Crippen LogP contribution < -0.4 is 5.69 Å². The van der Waals surface area contributed by atoms with E-state index in [4.69, 9.17) is 11.6 Å². The molecule has 1 aromatic carbocycles. The molecule has 136 valence electrons. The van der Waals surface area contributed by atoms with Crippen LogP contribution in [0.5, 0.6) is 0 Å². The summed E-state index contributed by atoms with van der Waals surface area (Å²) in [6.45, 7) is 2.53. The van der Waals surface area contributed by atoms with E-state index >= 15 is 0 Å². The SMILES string of the molecule is CCn1nc(CC2CCCCCC2)n(Cc2c(F)cccc2Cl)c1=O. The Morgan fingerprint density at radius 2 is 1.96 bits per heavy atom. The fourth-order valence-electron chi connectivity index (χ4n) is 3.67. The van der Waals surface area contributed by atoms with E-state index in [1.807, 2.05) is 6.92 Å². The lowest BCUT2D eigenvalue weighted by Crippen LogP contribution is -2.26. The quantitative estimate of drug-likeness (QED) is 0.736. The summed E-state index contributed by atoms with van der Waals surface area (Å²) < 4.78 is 17.2. The van der Waals surface area contributed by atoms with Crippen molar-refractivity contribution in [3.63, 3.8) is 0 Å². The smallest absolute Gasteiger partial charge is 0.274 e. The summed E-state index contributed by atoms with van der Waals surface area (Å²) in [5, 5.41) is 4.85. The molecule has 0 aliphatic heterocycles. The van der Waals surface area contributed by atoms with Crippen molar-refractivity contribution in [1.29, 1.82) is 0 Å². The Morgan fingerprint density at radius 3 is 2.60 bits per heavy atom. The molecule has 1 heterocycles. The number of halogens is 2. The van der Waals surface area contributed by atoms with E-state index in [9.17, 15) is 9.18 Å². The summed E-state index contributed by atoms with van der Waals surface area (Å²) in [5.41, 5.74) is 0.162. The molecule has 0 atom stereocenters. The second-order valence-electron chi connectivity index (χ2n) is 6.86. The van der Waals surface area contributed by atoms with Crippen molar-refractivity contribution in [2.45, 2.75) is 65.0 Å². The van der Waals surface area contributed by atoms with E-state index in [2.05, 4.69) is 5.10 Å². The molecule has 1 saturated carbocycles. The van der Waals surface area contributed by atoms with E-state index in [0.29, 0.717) is 23.0 Å². The number of rotatable bonds is 5. The minimum Gasteiger partial charge on any atom is -0.274 e. The third-order valence-electron chi connectivity index (χ3n) is 5.12. The zero-order valence-electron chi connectivity index (χ0n) is 14.7. The van der Waals surface area contributed by atoms with Gasteiger partial charge in [0.2, 0.25) is 0 Å². The van der Waals surface area contributed by atoms with Crippen molar-refractivity contribution >= 4 is 11.6 Å². The summed E-state index contributed by atoms with van der Waals surface area (Å²) >= 11 is 6.16. The molecule has 6 heteroatoms. The zero-order valence-corrected chi connectivity index (χ0v) is 15.4. The molecule has 1 aliphatic carbocycles. The molecule has 0 unspecified atom stereocenters. The van der Waals surface area contributed by atoms with E-state index in [0.717, 1.165) is 12.2 Å². The summed E-state index contributed by atoms with van der Waals surface area (Å²) in [4.78, 5) is 12.7. The van der Waals surface area contributed by atoms with Gasteiger partial charge in [0.1, 0.15) is 11.6 Å². The second-order valence-corrected chi connectivity index (χ2v) is 7.27. The summed E-state index contributed by atoms with van der Waals surface area (Å²) in [6, 6.07) is 4.60. The summed E-state index contributed by atoms with van der Waals surface area (Å²) in [6.07, 6.45) is 8.18. The molecule has 0 bridgehead atoms. The van der Waals surface area contributed by atoms with Crippen LogP contribution in [0.25, 0.3) is 0 Å². The van der Waals surface area contributed by atoms with E-state index < -0.39 is 0 Å². The molecule has 1 fully saturated rings. The number of hydrogen-bond donors (Lipinski definition) is 0. The Bertz CT molecular complexity index is 755. The highest BCUT2D eigenvalue weighted by Crippen LogP contribution is 2.26. The van der Waals surface area contributed by atoms with Gasteiger partial charge < -0.3 is 0 Å². The number of nitrogens with zero attached hydrogens (tertiary/aromatic N) is 3. The average Bonchev–Trinajstić information content (AvgIpc) is 2.77. The van der Waals surface area contributed by atoms with Gasteiger partial charge in [-0.05, 0) is 25.0 Å². The molecule has 4 nitrogen and oxygen atoms in total. The normalized spacial score (nSPS) is 16.1. The van der Waals surface area contributed by atoms with Crippen LogP contribution >= 0.6 is 11.6 Å². The Balaban J connectivity index is 1.92. The second kappa shape index (κ2) is 8.17. The Hall–Kier alpha value is -1.62. The maximum Gasteiger partial charge on any atom is 0.346 e. The lowest BCUT2D eigenvalue weighted by Gasteiger charge is -2.14. The fourth-order valence-corrected chi connectivity index (χ4v) is 3.89. The highest BCUT2D eigenvalue weighted by Gasteiger charge is 2.20. The van der Waals surface area contributed by atoms with Crippen LogP contribution in [0.4, 0.5) is 4.39 Å². The molecule has 0 spiro atoms. The highest BCUT2D eigenvalue weighted by molar-refractivity contribution is 6.31. The lowest BCUT2D eigenvalue weighted by molar-refractivity contribution is 0.437. The topological polar surface area (TPSA) is 39.8 Å². The van der Waals surface area contributed by atoms with Crippen molar-refractivity contribution in [3.8, 4) is 0 Å². The molecule has 1 aliphatic rings. The van der Waals surface area contributed by atoms with Crippen LogP contribution in [0.2, 0.25) is 5.02 Å². The number of benzene rings is 1. The lowest BCUT2D eigenvalue weighted by atomic mass is 9.96. The van der Waals surface area contributed by atoms with Crippen LogP contribution in [0.1, 0.15) is 56.8 Å². The van der Waals surface area contributed by atoms with Gasteiger partial charge in [0.05, 0.1) is 6.54 Å². The summed E-state index contributed by atoms with van der Waals surface area (Å²) in [7, 11) is 0. The largest absolute Gasteiger partial charge is 0.346 e. The molecule has 2 aromatic rings. The van der Waals surface area contributed by atoms with Crippen LogP contribution in [0.15, 0.2) is 23.0 Å². The minimum atomic E-state index is -0.385. The van der Waals surface area contributed by atoms with Crippen molar-refractivity contribution in [1.82, 2.24) is 14.3 Å². The van der Waals surface area contributed by atoms with Crippen molar-refractivity contribution in [2.24, 2.45) is 5.92 Å². The molecule has 25 heavy (non-hydrogen) atoms. The van der Waals surface area contributed by atoms with Gasteiger partial charge >= 0.3 is 5.69 Å². The first-order valence-electron chi connectivity index (χ1n) is 9.19. The predicted octanol–water partition coefficient (Wildman–Crippen LogP) is 4.42. The standard InChI is InChI=1S/C19H25ClFN3O/c1-2-24-19(25)23(13-15-16(20)10-7-11-17(15)21)18(22-24)12-14-8-5-3-4-6-9-14/h7,10-11,14H,2-6,8-9,12-13H2,1H3.